The van der Waals surface area contributed by atoms with Crippen LogP contribution in [0.5, 0.6) is 11.5 Å². The maximum atomic E-state index is 14.3. The predicted molar refractivity (Wildman–Crippen MR) is 217 cm³/mol. The van der Waals surface area contributed by atoms with Crippen LogP contribution in [0.3, 0.4) is 0 Å². The number of halogens is 2. The molecular weight excluding hydrogens is 804 g/mol. The van der Waals surface area contributed by atoms with Gasteiger partial charge in [0, 0.05) is 11.3 Å². The first-order chi connectivity index (χ1) is 25.7. The molecule has 0 saturated heterocycles. The fraction of sp³-hybridized carbons (Fsp3) is 0.143. The van der Waals surface area contributed by atoms with Crippen molar-refractivity contribution in [3.05, 3.63) is 171 Å². The fourth-order valence-corrected chi connectivity index (χ4v) is 6.99. The molecule has 11 heteroatoms. The average Bonchev–Trinajstić information content (AvgIpc) is 3.16. The maximum absolute atomic E-state index is 14.3. The standard InChI is InChI=1S/C42H37FIN3O5S/c1-4-7-21-32(5-2)47-41(50)33(23-28-24-35(44)39(36(25-28)51-6-3)52-26-31-20-14-15-22-34(31)43)40(49)46-42(47)53-27-37(48)45-38(29-16-10-8-11-17-29)30-18-12-9-13-19-30/h4-5,7-25,38H,1,6,26-27H2,2-3H3,(H,45,48)/b21-7-,32-5+,33-23+. The number of amides is 3. The third kappa shape index (κ3) is 9.99. The minimum absolute atomic E-state index is 0.0220. The number of hydrogen-bond donors (Lipinski definition) is 1. The zero-order valence-corrected chi connectivity index (χ0v) is 32.1. The van der Waals surface area contributed by atoms with Crippen LogP contribution in [-0.2, 0) is 21.0 Å². The van der Waals surface area contributed by atoms with Crippen LogP contribution >= 0.6 is 34.4 Å². The second-order valence-electron chi connectivity index (χ2n) is 11.5. The summed E-state index contributed by atoms with van der Waals surface area (Å²) in [6, 6.07) is 28.6. The van der Waals surface area contributed by atoms with E-state index >= 15 is 0 Å². The molecule has 1 aliphatic heterocycles. The molecule has 8 nitrogen and oxygen atoms in total. The first-order valence-corrected chi connectivity index (χ1v) is 18.8. The van der Waals surface area contributed by atoms with Crippen LogP contribution in [0.25, 0.3) is 6.08 Å². The molecule has 0 spiro atoms. The second kappa shape index (κ2) is 19.0. The third-order valence-electron chi connectivity index (χ3n) is 7.89. The topological polar surface area (TPSA) is 97.3 Å². The number of hydrogen-bond acceptors (Lipinski definition) is 6. The number of benzene rings is 4. The molecule has 0 radical (unpaired) electrons. The minimum atomic E-state index is -0.753. The van der Waals surface area contributed by atoms with Gasteiger partial charge in [-0.25, -0.2) is 4.39 Å². The average molecular weight is 842 g/mol. The second-order valence-corrected chi connectivity index (χ2v) is 13.6. The van der Waals surface area contributed by atoms with Crippen molar-refractivity contribution in [1.82, 2.24) is 10.2 Å². The van der Waals surface area contributed by atoms with Gasteiger partial charge in [-0.3, -0.25) is 19.3 Å². The summed E-state index contributed by atoms with van der Waals surface area (Å²) in [5, 5.41) is 3.16. The van der Waals surface area contributed by atoms with Crippen LogP contribution < -0.4 is 14.8 Å². The van der Waals surface area contributed by atoms with Crippen molar-refractivity contribution >= 4 is 63.3 Å². The smallest absolute Gasteiger partial charge is 0.285 e. The van der Waals surface area contributed by atoms with Gasteiger partial charge >= 0.3 is 0 Å². The quantitative estimate of drug-likeness (QED) is 0.0591. The third-order valence-corrected chi connectivity index (χ3v) is 9.63. The van der Waals surface area contributed by atoms with Crippen LogP contribution in [0, 0.1) is 9.39 Å². The van der Waals surface area contributed by atoms with Gasteiger partial charge in [-0.2, -0.15) is 4.99 Å². The molecule has 0 unspecified atom stereocenters. The summed E-state index contributed by atoms with van der Waals surface area (Å²) in [4.78, 5) is 46.9. The van der Waals surface area contributed by atoms with Gasteiger partial charge < -0.3 is 14.8 Å². The molecule has 0 fully saturated rings. The van der Waals surface area contributed by atoms with Crippen molar-refractivity contribution in [3.63, 3.8) is 0 Å². The molecular formula is C42H37FIN3O5S. The van der Waals surface area contributed by atoms with Gasteiger partial charge in [0.2, 0.25) is 5.91 Å². The van der Waals surface area contributed by atoms with Crippen molar-refractivity contribution < 1.29 is 28.2 Å². The van der Waals surface area contributed by atoms with Crippen molar-refractivity contribution in [3.8, 4) is 11.5 Å². The SMILES string of the molecule is C=C/C=C\C(=C/C)N1C(=O)/C(=C/c2cc(I)c(OCc3ccccc3F)c(OCC)c2)C(=O)N=C1SCC(=O)NC(c1ccccc1)c1ccccc1. The Kier molecular flexibility index (Phi) is 14.0. The Hall–Kier alpha value is -5.27. The summed E-state index contributed by atoms with van der Waals surface area (Å²) in [7, 11) is 0. The van der Waals surface area contributed by atoms with E-state index in [0.717, 1.165) is 22.9 Å². The summed E-state index contributed by atoms with van der Waals surface area (Å²) in [5.41, 5.74) is 2.95. The van der Waals surface area contributed by atoms with E-state index in [1.807, 2.05) is 67.6 Å². The molecule has 3 amide bonds. The number of rotatable bonds is 14. The summed E-state index contributed by atoms with van der Waals surface area (Å²) >= 11 is 3.06. The number of nitrogens with zero attached hydrogens (tertiary/aromatic N) is 2. The molecule has 4 aromatic rings. The van der Waals surface area contributed by atoms with Gasteiger partial charge in [-0.05, 0) is 83.5 Å². The van der Waals surface area contributed by atoms with E-state index in [1.165, 1.54) is 17.0 Å². The summed E-state index contributed by atoms with van der Waals surface area (Å²) in [6.45, 7) is 7.60. The molecule has 5 rings (SSSR count). The van der Waals surface area contributed by atoms with Gasteiger partial charge in [-0.15, -0.1) is 0 Å². The lowest BCUT2D eigenvalue weighted by Crippen LogP contribution is -2.42. The van der Waals surface area contributed by atoms with E-state index in [-0.39, 0.29) is 34.8 Å². The minimum Gasteiger partial charge on any atom is -0.490 e. The van der Waals surface area contributed by atoms with E-state index in [2.05, 4.69) is 39.5 Å². The number of carbonyl (C=O) groups is 3. The van der Waals surface area contributed by atoms with Gasteiger partial charge in [0.25, 0.3) is 11.8 Å². The van der Waals surface area contributed by atoms with Crippen molar-refractivity contribution in [2.24, 2.45) is 4.99 Å². The van der Waals surface area contributed by atoms with Crippen LogP contribution in [0.4, 0.5) is 4.39 Å². The number of nitrogens with one attached hydrogen (secondary N) is 1. The maximum Gasteiger partial charge on any atom is 0.285 e. The van der Waals surface area contributed by atoms with Gasteiger partial charge in [0.05, 0.1) is 22.0 Å². The molecule has 270 valence electrons. The molecule has 1 aliphatic rings. The Labute approximate surface area is 326 Å². The van der Waals surface area contributed by atoms with Gasteiger partial charge in [0.1, 0.15) is 18.0 Å². The summed E-state index contributed by atoms with van der Waals surface area (Å²) < 4.78 is 26.8. The van der Waals surface area contributed by atoms with Crippen LogP contribution in [0.2, 0.25) is 0 Å². The van der Waals surface area contributed by atoms with Crippen molar-refractivity contribution in [1.29, 1.82) is 0 Å². The molecule has 1 N–H and O–H groups in total. The predicted octanol–water partition coefficient (Wildman–Crippen LogP) is 8.80. The zero-order chi connectivity index (χ0) is 37.7. The zero-order valence-electron chi connectivity index (χ0n) is 29.1. The van der Waals surface area contributed by atoms with Crippen molar-refractivity contribution in [2.45, 2.75) is 26.5 Å². The van der Waals surface area contributed by atoms with Gasteiger partial charge in [0.15, 0.2) is 16.7 Å². The lowest BCUT2D eigenvalue weighted by Gasteiger charge is -2.28. The molecule has 4 aromatic carbocycles. The molecule has 53 heavy (non-hydrogen) atoms. The number of amidine groups is 1. The molecule has 0 saturated carbocycles. The van der Waals surface area contributed by atoms with Crippen LogP contribution in [0.1, 0.15) is 42.1 Å². The summed E-state index contributed by atoms with van der Waals surface area (Å²) in [6.07, 6.45) is 8.07. The molecule has 0 aliphatic carbocycles. The Morgan fingerprint density at radius 1 is 1.00 bits per heavy atom. The highest BCUT2D eigenvalue weighted by atomic mass is 127. The first-order valence-electron chi connectivity index (χ1n) is 16.7. The van der Waals surface area contributed by atoms with Crippen molar-refractivity contribution in [2.75, 3.05) is 12.4 Å². The Bertz CT molecular complexity index is 2060. The number of carbonyl (C=O) groups excluding carboxylic acids is 3. The Balaban J connectivity index is 1.43. The van der Waals surface area contributed by atoms with E-state index in [4.69, 9.17) is 9.47 Å². The first kappa shape index (κ1) is 38.9. The highest BCUT2D eigenvalue weighted by Crippen LogP contribution is 2.36. The number of ether oxygens (including phenoxy) is 2. The molecule has 0 atom stereocenters. The lowest BCUT2D eigenvalue weighted by atomic mass is 9.99. The highest BCUT2D eigenvalue weighted by molar-refractivity contribution is 14.1. The fourth-order valence-electron chi connectivity index (χ4n) is 5.40. The lowest BCUT2D eigenvalue weighted by molar-refractivity contribution is -0.126. The number of aliphatic imine (C=N–C) groups is 1. The van der Waals surface area contributed by atoms with Gasteiger partial charge in [-0.1, -0.05) is 115 Å². The molecule has 0 aromatic heterocycles. The normalized spacial score (nSPS) is 14.1. The molecule has 1 heterocycles. The number of thioether (sulfide) groups is 1. The van der Waals surface area contributed by atoms with E-state index < -0.39 is 17.9 Å². The largest absolute Gasteiger partial charge is 0.490 e. The van der Waals surface area contributed by atoms with E-state index in [1.54, 1.807) is 61.6 Å². The molecule has 0 bridgehead atoms. The summed E-state index contributed by atoms with van der Waals surface area (Å²) in [5.74, 6) is -1.40. The van der Waals surface area contributed by atoms with E-state index in [9.17, 15) is 18.8 Å². The monoisotopic (exact) mass is 841 g/mol. The number of allylic oxidation sites excluding steroid dienone is 4. The Morgan fingerprint density at radius 2 is 1.66 bits per heavy atom. The highest BCUT2D eigenvalue weighted by Gasteiger charge is 2.35. The van der Waals surface area contributed by atoms with Crippen LogP contribution in [-0.4, -0.2) is 40.1 Å². The van der Waals surface area contributed by atoms with E-state index in [0.29, 0.717) is 38.5 Å². The Morgan fingerprint density at radius 3 is 2.28 bits per heavy atom. The van der Waals surface area contributed by atoms with Crippen LogP contribution in [0.15, 0.2) is 144 Å².